The molecule has 0 saturated carbocycles. The topological polar surface area (TPSA) is 63.1 Å². The molecule has 2 rings (SSSR count). The molecule has 0 amide bonds. The highest BCUT2D eigenvalue weighted by Crippen LogP contribution is 2.22. The van der Waals surface area contributed by atoms with Crippen LogP contribution in [0.2, 0.25) is 0 Å². The van der Waals surface area contributed by atoms with E-state index in [1.807, 2.05) is 30.4 Å². The summed E-state index contributed by atoms with van der Waals surface area (Å²) in [5.41, 5.74) is 0.960. The zero-order valence-corrected chi connectivity index (χ0v) is 13.7. The maximum absolute atomic E-state index is 12.3. The van der Waals surface area contributed by atoms with Crippen molar-refractivity contribution in [3.63, 3.8) is 0 Å². The molecule has 5 nitrogen and oxygen atoms in total. The fraction of sp³-hybridized carbons (Fsp3) is 0.692. The lowest BCUT2D eigenvalue weighted by atomic mass is 10.0. The van der Waals surface area contributed by atoms with Gasteiger partial charge in [-0.3, -0.25) is 0 Å². The number of sulfonamides is 1. The van der Waals surface area contributed by atoms with Crippen LogP contribution in [0.4, 0.5) is 0 Å². The monoisotopic (exact) mass is 317 g/mol. The van der Waals surface area contributed by atoms with Gasteiger partial charge in [0.15, 0.2) is 0 Å². The molecule has 114 valence electrons. The third kappa shape index (κ3) is 4.00. The first-order valence-electron chi connectivity index (χ1n) is 6.90. The normalized spacial score (nSPS) is 17.5. The van der Waals surface area contributed by atoms with E-state index in [0.717, 1.165) is 30.0 Å². The van der Waals surface area contributed by atoms with Gasteiger partial charge in [-0.05, 0) is 43.4 Å². The van der Waals surface area contributed by atoms with Crippen molar-refractivity contribution >= 4 is 21.8 Å². The lowest BCUT2D eigenvalue weighted by Gasteiger charge is -2.21. The molecule has 0 radical (unpaired) electrons. The predicted octanol–water partition coefficient (Wildman–Crippen LogP) is 1.17. The van der Waals surface area contributed by atoms with E-state index in [4.69, 9.17) is 0 Å². The fourth-order valence-electron chi connectivity index (χ4n) is 2.34. The molecule has 2 heterocycles. The van der Waals surface area contributed by atoms with Crippen LogP contribution in [0.25, 0.3) is 0 Å². The molecule has 1 aliphatic heterocycles. The number of thioether (sulfide) groups is 1. The largest absolute Gasteiger partial charge is 0.352 e. The second-order valence-corrected chi connectivity index (χ2v) is 8.21. The summed E-state index contributed by atoms with van der Waals surface area (Å²) in [6, 6.07) is 1.73. The van der Waals surface area contributed by atoms with Crippen LogP contribution < -0.4 is 10.0 Å². The van der Waals surface area contributed by atoms with Gasteiger partial charge in [0.05, 0.1) is 4.90 Å². The number of nitrogens with zero attached hydrogens (tertiary/aromatic N) is 1. The Labute approximate surface area is 125 Å². The molecule has 20 heavy (non-hydrogen) atoms. The Balaban J connectivity index is 2.00. The van der Waals surface area contributed by atoms with Crippen LogP contribution in [0.15, 0.2) is 17.2 Å². The standard InChI is InChI=1S/C13H23N3O2S2/c1-14-9-12-7-13(10-16(12)2)20(17,18)15-8-11-3-5-19-6-4-11/h7,10-11,14-15H,3-6,8-9H2,1-2H3. The molecule has 0 bridgehead atoms. The van der Waals surface area contributed by atoms with Crippen LogP contribution in [0.1, 0.15) is 18.5 Å². The molecule has 0 spiro atoms. The summed E-state index contributed by atoms with van der Waals surface area (Å²) in [6.07, 6.45) is 3.88. The smallest absolute Gasteiger partial charge is 0.242 e. The van der Waals surface area contributed by atoms with Gasteiger partial charge in [-0.2, -0.15) is 11.8 Å². The number of aryl methyl sites for hydroxylation is 1. The third-order valence-electron chi connectivity index (χ3n) is 3.65. The van der Waals surface area contributed by atoms with Crippen LogP contribution >= 0.6 is 11.8 Å². The van der Waals surface area contributed by atoms with E-state index in [0.29, 0.717) is 23.9 Å². The van der Waals surface area contributed by atoms with E-state index in [-0.39, 0.29) is 0 Å². The number of hydrogen-bond acceptors (Lipinski definition) is 4. The fourth-order valence-corrected chi connectivity index (χ4v) is 4.76. The highest BCUT2D eigenvalue weighted by Gasteiger charge is 2.20. The molecule has 1 aromatic heterocycles. The van der Waals surface area contributed by atoms with Gasteiger partial charge in [0.2, 0.25) is 10.0 Å². The number of nitrogens with one attached hydrogen (secondary N) is 2. The minimum Gasteiger partial charge on any atom is -0.352 e. The lowest BCUT2D eigenvalue weighted by Crippen LogP contribution is -2.30. The van der Waals surface area contributed by atoms with Gasteiger partial charge in [-0.25, -0.2) is 13.1 Å². The Morgan fingerprint density at radius 1 is 1.40 bits per heavy atom. The van der Waals surface area contributed by atoms with Crippen molar-refractivity contribution in [3.8, 4) is 0 Å². The van der Waals surface area contributed by atoms with Crippen LogP contribution in [0.5, 0.6) is 0 Å². The van der Waals surface area contributed by atoms with Crippen LogP contribution in [0.3, 0.4) is 0 Å². The van der Waals surface area contributed by atoms with Crippen LogP contribution in [0, 0.1) is 5.92 Å². The first-order valence-corrected chi connectivity index (χ1v) is 9.54. The van der Waals surface area contributed by atoms with Gasteiger partial charge in [-0.1, -0.05) is 0 Å². The third-order valence-corrected chi connectivity index (χ3v) is 6.09. The summed E-state index contributed by atoms with van der Waals surface area (Å²) in [4.78, 5) is 0.357. The molecule has 1 saturated heterocycles. The zero-order valence-electron chi connectivity index (χ0n) is 12.1. The molecule has 1 fully saturated rings. The minimum atomic E-state index is -3.39. The summed E-state index contributed by atoms with van der Waals surface area (Å²) in [7, 11) is 0.328. The molecule has 2 N–H and O–H groups in total. The van der Waals surface area contributed by atoms with Crippen molar-refractivity contribution < 1.29 is 8.42 Å². The predicted molar refractivity (Wildman–Crippen MR) is 83.4 cm³/mol. The maximum Gasteiger partial charge on any atom is 0.242 e. The molecule has 1 aliphatic rings. The van der Waals surface area contributed by atoms with E-state index in [2.05, 4.69) is 10.0 Å². The van der Waals surface area contributed by atoms with Crippen molar-refractivity contribution in [3.05, 3.63) is 18.0 Å². The highest BCUT2D eigenvalue weighted by molar-refractivity contribution is 7.99. The van der Waals surface area contributed by atoms with Gasteiger partial charge in [0.25, 0.3) is 0 Å². The van der Waals surface area contributed by atoms with Crippen molar-refractivity contribution in [1.29, 1.82) is 0 Å². The first kappa shape index (κ1) is 15.9. The van der Waals surface area contributed by atoms with Crippen molar-refractivity contribution in [2.24, 2.45) is 13.0 Å². The summed E-state index contributed by atoms with van der Waals surface area (Å²) in [6.45, 7) is 1.21. The zero-order chi connectivity index (χ0) is 14.6. The van der Waals surface area contributed by atoms with Crippen LogP contribution in [-0.2, 0) is 23.6 Å². The van der Waals surface area contributed by atoms with Gasteiger partial charge < -0.3 is 9.88 Å². The summed E-state index contributed by atoms with van der Waals surface area (Å²) >= 11 is 1.95. The number of rotatable bonds is 6. The Morgan fingerprint density at radius 3 is 2.75 bits per heavy atom. The second kappa shape index (κ2) is 6.98. The van der Waals surface area contributed by atoms with E-state index in [9.17, 15) is 8.42 Å². The molecular weight excluding hydrogens is 294 g/mol. The molecule has 0 aromatic carbocycles. The quantitative estimate of drug-likeness (QED) is 0.827. The maximum atomic E-state index is 12.3. The van der Waals surface area contributed by atoms with E-state index < -0.39 is 10.0 Å². The Morgan fingerprint density at radius 2 is 2.10 bits per heavy atom. The molecule has 0 unspecified atom stereocenters. The van der Waals surface area contributed by atoms with Crippen molar-refractivity contribution in [1.82, 2.24) is 14.6 Å². The summed E-state index contributed by atoms with van der Waals surface area (Å²) in [5.74, 6) is 2.76. The van der Waals surface area contributed by atoms with E-state index in [1.54, 1.807) is 12.3 Å². The van der Waals surface area contributed by atoms with Gasteiger partial charge >= 0.3 is 0 Å². The molecule has 7 heteroatoms. The molecule has 0 atom stereocenters. The molecule has 1 aromatic rings. The number of aromatic nitrogens is 1. The minimum absolute atomic E-state index is 0.357. The van der Waals surface area contributed by atoms with E-state index in [1.165, 1.54) is 0 Å². The molecule has 0 aliphatic carbocycles. The SMILES string of the molecule is CNCc1cc(S(=O)(=O)NCC2CCSCC2)cn1C. The summed E-state index contributed by atoms with van der Waals surface area (Å²) in [5, 5.41) is 3.03. The van der Waals surface area contributed by atoms with E-state index >= 15 is 0 Å². The molecular formula is C13H23N3O2S2. The number of hydrogen-bond donors (Lipinski definition) is 2. The van der Waals surface area contributed by atoms with Crippen molar-refractivity contribution in [2.45, 2.75) is 24.3 Å². The van der Waals surface area contributed by atoms with Gasteiger partial charge in [0, 0.05) is 32.0 Å². The van der Waals surface area contributed by atoms with Crippen LogP contribution in [-0.4, -0.2) is 38.1 Å². The Hall–Kier alpha value is -0.500. The second-order valence-electron chi connectivity index (χ2n) is 5.22. The average molecular weight is 317 g/mol. The highest BCUT2D eigenvalue weighted by atomic mass is 32.2. The van der Waals surface area contributed by atoms with Crippen molar-refractivity contribution in [2.75, 3.05) is 25.1 Å². The lowest BCUT2D eigenvalue weighted by molar-refractivity contribution is 0.476. The Bertz CT molecular complexity index is 534. The first-order chi connectivity index (χ1) is 9.53. The summed E-state index contributed by atoms with van der Waals surface area (Å²) < 4.78 is 29.2. The Kier molecular flexibility index (Phi) is 5.54. The van der Waals surface area contributed by atoms with Gasteiger partial charge in [0.1, 0.15) is 0 Å². The average Bonchev–Trinajstić information content (AvgIpc) is 2.81. The van der Waals surface area contributed by atoms with Gasteiger partial charge in [-0.15, -0.1) is 0 Å².